The van der Waals surface area contributed by atoms with Gasteiger partial charge in [-0.2, -0.15) is 0 Å². The molecule has 2 heterocycles. The van der Waals surface area contributed by atoms with E-state index in [-0.39, 0.29) is 18.4 Å². The molecule has 128 valence electrons. The highest BCUT2D eigenvalue weighted by Gasteiger charge is 2.16. The molecule has 9 heteroatoms. The van der Waals surface area contributed by atoms with Gasteiger partial charge in [0.15, 0.2) is 5.65 Å². The normalized spacial score (nSPS) is 10.7. The molecule has 0 unspecified atom stereocenters. The lowest BCUT2D eigenvalue weighted by Crippen LogP contribution is -2.35. The van der Waals surface area contributed by atoms with Crippen LogP contribution in [0, 0.1) is 0 Å². The molecule has 0 aliphatic rings. The molecule has 1 N–H and O–H groups in total. The van der Waals surface area contributed by atoms with Crippen molar-refractivity contribution in [3.63, 3.8) is 0 Å². The predicted octanol–water partition coefficient (Wildman–Crippen LogP) is 2.75. The number of carbonyl (C=O) groups is 2. The molecule has 0 spiro atoms. The standard InChI is InChI=1S/C16H13Cl2N5O2/c1-22(8-15(24)20-11-3-4-12(17)13(18)6-11)16(25)10-2-5-14-21-19-9-23(14)7-10/h2-7,9H,8H2,1H3,(H,20,24). The molecule has 0 atom stereocenters. The van der Waals surface area contributed by atoms with E-state index in [9.17, 15) is 9.59 Å². The smallest absolute Gasteiger partial charge is 0.255 e. The van der Waals surface area contributed by atoms with Gasteiger partial charge in [-0.05, 0) is 30.3 Å². The number of rotatable bonds is 4. The third kappa shape index (κ3) is 3.89. The minimum absolute atomic E-state index is 0.112. The van der Waals surface area contributed by atoms with Crippen molar-refractivity contribution < 1.29 is 9.59 Å². The van der Waals surface area contributed by atoms with E-state index in [1.165, 1.54) is 11.2 Å². The average molecular weight is 378 g/mol. The number of hydrogen-bond acceptors (Lipinski definition) is 4. The first kappa shape index (κ1) is 17.2. The lowest BCUT2D eigenvalue weighted by Gasteiger charge is -2.17. The summed E-state index contributed by atoms with van der Waals surface area (Å²) in [6, 6.07) is 8.09. The van der Waals surface area contributed by atoms with Gasteiger partial charge in [-0.3, -0.25) is 14.0 Å². The van der Waals surface area contributed by atoms with Crippen molar-refractivity contribution >= 4 is 46.4 Å². The number of nitrogens with zero attached hydrogens (tertiary/aromatic N) is 4. The number of halogens is 2. The highest BCUT2D eigenvalue weighted by Crippen LogP contribution is 2.24. The molecule has 0 aliphatic heterocycles. The lowest BCUT2D eigenvalue weighted by atomic mass is 10.2. The molecule has 0 fully saturated rings. The Bertz CT molecular complexity index is 957. The van der Waals surface area contributed by atoms with Gasteiger partial charge < -0.3 is 10.2 Å². The number of pyridine rings is 1. The Labute approximate surface area is 153 Å². The van der Waals surface area contributed by atoms with Crippen LogP contribution in [0.4, 0.5) is 5.69 Å². The first-order valence-electron chi connectivity index (χ1n) is 7.24. The summed E-state index contributed by atoms with van der Waals surface area (Å²) in [5.41, 5.74) is 1.57. The second-order valence-electron chi connectivity index (χ2n) is 5.35. The molecule has 25 heavy (non-hydrogen) atoms. The van der Waals surface area contributed by atoms with Crippen LogP contribution in [-0.2, 0) is 4.79 Å². The molecule has 0 saturated heterocycles. The number of hydrogen-bond donors (Lipinski definition) is 1. The van der Waals surface area contributed by atoms with Crippen molar-refractivity contribution in [2.45, 2.75) is 0 Å². The van der Waals surface area contributed by atoms with Crippen LogP contribution >= 0.6 is 23.2 Å². The largest absolute Gasteiger partial charge is 0.332 e. The first-order valence-corrected chi connectivity index (χ1v) is 7.99. The van der Waals surface area contributed by atoms with Crippen LogP contribution in [0.2, 0.25) is 10.0 Å². The Morgan fingerprint density at radius 1 is 1.20 bits per heavy atom. The summed E-state index contributed by atoms with van der Waals surface area (Å²) in [5, 5.41) is 11.0. The van der Waals surface area contributed by atoms with Crippen molar-refractivity contribution in [2.75, 3.05) is 18.9 Å². The van der Waals surface area contributed by atoms with Crippen LogP contribution in [0.25, 0.3) is 5.65 Å². The van der Waals surface area contributed by atoms with Crippen molar-refractivity contribution in [1.82, 2.24) is 19.5 Å². The molecule has 0 bridgehead atoms. The van der Waals surface area contributed by atoms with E-state index in [1.54, 1.807) is 48.0 Å². The number of fused-ring (bicyclic) bond motifs is 1. The lowest BCUT2D eigenvalue weighted by molar-refractivity contribution is -0.116. The number of benzene rings is 1. The molecule has 0 aliphatic carbocycles. The number of nitrogens with one attached hydrogen (secondary N) is 1. The summed E-state index contributed by atoms with van der Waals surface area (Å²) in [4.78, 5) is 25.9. The highest BCUT2D eigenvalue weighted by atomic mass is 35.5. The molecular formula is C16H13Cl2N5O2. The highest BCUT2D eigenvalue weighted by molar-refractivity contribution is 6.42. The van der Waals surface area contributed by atoms with E-state index in [2.05, 4.69) is 15.5 Å². The van der Waals surface area contributed by atoms with Gasteiger partial charge in [0.2, 0.25) is 5.91 Å². The Hall–Kier alpha value is -2.64. The zero-order chi connectivity index (χ0) is 18.0. The Morgan fingerprint density at radius 2 is 2.00 bits per heavy atom. The maximum Gasteiger partial charge on any atom is 0.255 e. The monoisotopic (exact) mass is 377 g/mol. The average Bonchev–Trinajstić information content (AvgIpc) is 3.05. The van der Waals surface area contributed by atoms with Crippen LogP contribution in [0.15, 0.2) is 42.9 Å². The molecule has 2 aromatic heterocycles. The third-order valence-corrected chi connectivity index (χ3v) is 4.21. The summed E-state index contributed by atoms with van der Waals surface area (Å²) in [5.74, 6) is -0.639. The molecule has 7 nitrogen and oxygen atoms in total. The topological polar surface area (TPSA) is 79.6 Å². The first-order chi connectivity index (χ1) is 11.9. The summed E-state index contributed by atoms with van der Waals surface area (Å²) < 4.78 is 1.64. The Balaban J connectivity index is 1.65. The fourth-order valence-corrected chi connectivity index (χ4v) is 2.53. The second-order valence-corrected chi connectivity index (χ2v) is 6.17. The Kier molecular flexibility index (Phi) is 4.87. The zero-order valence-electron chi connectivity index (χ0n) is 13.1. The summed E-state index contributed by atoms with van der Waals surface area (Å²) in [6.45, 7) is -0.112. The van der Waals surface area contributed by atoms with Gasteiger partial charge in [-0.25, -0.2) is 0 Å². The molecule has 2 amide bonds. The van der Waals surface area contributed by atoms with Gasteiger partial charge in [0, 0.05) is 18.9 Å². The number of aromatic nitrogens is 3. The van der Waals surface area contributed by atoms with Crippen molar-refractivity contribution in [3.8, 4) is 0 Å². The van der Waals surface area contributed by atoms with Crippen molar-refractivity contribution in [3.05, 3.63) is 58.5 Å². The molecule has 3 rings (SSSR count). The van der Waals surface area contributed by atoms with Crippen LogP contribution in [-0.4, -0.2) is 44.9 Å². The van der Waals surface area contributed by atoms with Crippen molar-refractivity contribution in [2.24, 2.45) is 0 Å². The van der Waals surface area contributed by atoms with E-state index in [0.717, 1.165) is 0 Å². The van der Waals surface area contributed by atoms with Gasteiger partial charge in [-0.15, -0.1) is 10.2 Å². The van der Waals surface area contributed by atoms with E-state index >= 15 is 0 Å². The van der Waals surface area contributed by atoms with E-state index in [0.29, 0.717) is 26.9 Å². The molecular weight excluding hydrogens is 365 g/mol. The van der Waals surface area contributed by atoms with Gasteiger partial charge in [0.25, 0.3) is 5.91 Å². The molecule has 0 radical (unpaired) electrons. The summed E-state index contributed by atoms with van der Waals surface area (Å²) in [7, 11) is 1.55. The van der Waals surface area contributed by atoms with Crippen LogP contribution in [0.3, 0.4) is 0 Å². The predicted molar refractivity (Wildman–Crippen MR) is 95.0 cm³/mol. The fraction of sp³-hybridized carbons (Fsp3) is 0.125. The van der Waals surface area contributed by atoms with E-state index < -0.39 is 0 Å². The van der Waals surface area contributed by atoms with Crippen molar-refractivity contribution in [1.29, 1.82) is 0 Å². The fourth-order valence-electron chi connectivity index (χ4n) is 2.24. The third-order valence-electron chi connectivity index (χ3n) is 3.47. The quantitative estimate of drug-likeness (QED) is 0.757. The van der Waals surface area contributed by atoms with Gasteiger partial charge in [-0.1, -0.05) is 23.2 Å². The second kappa shape index (κ2) is 7.08. The zero-order valence-corrected chi connectivity index (χ0v) is 14.6. The van der Waals surface area contributed by atoms with Gasteiger partial charge >= 0.3 is 0 Å². The number of amides is 2. The van der Waals surface area contributed by atoms with Crippen LogP contribution in [0.1, 0.15) is 10.4 Å². The van der Waals surface area contributed by atoms with E-state index in [1.807, 2.05) is 0 Å². The maximum atomic E-state index is 12.5. The van der Waals surface area contributed by atoms with Crippen LogP contribution in [0.5, 0.6) is 0 Å². The molecule has 0 saturated carbocycles. The molecule has 3 aromatic rings. The van der Waals surface area contributed by atoms with Gasteiger partial charge in [0.1, 0.15) is 6.33 Å². The molecule has 1 aromatic carbocycles. The Morgan fingerprint density at radius 3 is 2.76 bits per heavy atom. The van der Waals surface area contributed by atoms with Crippen LogP contribution < -0.4 is 5.32 Å². The number of anilines is 1. The SMILES string of the molecule is CN(CC(=O)Nc1ccc(Cl)c(Cl)c1)C(=O)c1ccc2nncn2c1. The summed E-state index contributed by atoms with van der Waals surface area (Å²) in [6.07, 6.45) is 3.12. The van der Waals surface area contributed by atoms with Gasteiger partial charge in [0.05, 0.1) is 22.2 Å². The number of likely N-dealkylation sites (N-methyl/N-ethyl adjacent to an activating group) is 1. The maximum absolute atomic E-state index is 12.5. The summed E-state index contributed by atoms with van der Waals surface area (Å²) >= 11 is 11.7. The number of carbonyl (C=O) groups excluding carboxylic acids is 2. The minimum atomic E-state index is -0.348. The minimum Gasteiger partial charge on any atom is -0.332 e. The van der Waals surface area contributed by atoms with E-state index in [4.69, 9.17) is 23.2 Å².